The second-order valence-electron chi connectivity index (χ2n) is 6.20. The molecule has 1 amide bonds. The van der Waals surface area contributed by atoms with Crippen molar-refractivity contribution in [2.75, 3.05) is 11.1 Å². The highest BCUT2D eigenvalue weighted by molar-refractivity contribution is 7.91. The number of carbonyl (C=O) groups excluding carboxylic acids is 1. The first kappa shape index (κ1) is 21.4. The highest BCUT2D eigenvalue weighted by Crippen LogP contribution is 2.32. The van der Waals surface area contributed by atoms with E-state index in [4.69, 9.17) is 5.73 Å². The molecule has 0 aliphatic rings. The maximum atomic E-state index is 13.1. The minimum Gasteiger partial charge on any atom is -0.397 e. The number of benzene rings is 3. The van der Waals surface area contributed by atoms with Crippen LogP contribution in [0.4, 0.5) is 22.7 Å². The van der Waals surface area contributed by atoms with Crippen molar-refractivity contribution in [3.8, 4) is 0 Å². The molecule has 0 aliphatic heterocycles. The first-order chi connectivity index (χ1) is 14.6. The first-order valence-electron chi connectivity index (χ1n) is 8.55. The summed E-state index contributed by atoms with van der Waals surface area (Å²) in [5, 5.41) is 24.7. The zero-order valence-electron chi connectivity index (χ0n) is 15.6. The van der Waals surface area contributed by atoms with Crippen molar-refractivity contribution in [3.05, 3.63) is 92.5 Å². The second kappa shape index (κ2) is 8.20. The maximum absolute atomic E-state index is 13.1. The van der Waals surface area contributed by atoms with Crippen molar-refractivity contribution in [2.45, 2.75) is 9.79 Å². The number of nitrogens with zero attached hydrogens (tertiary/aromatic N) is 2. The molecule has 0 saturated heterocycles. The summed E-state index contributed by atoms with van der Waals surface area (Å²) in [6.07, 6.45) is 0. The Kier molecular flexibility index (Phi) is 5.66. The van der Waals surface area contributed by atoms with Crippen LogP contribution in [0.25, 0.3) is 0 Å². The number of anilines is 2. The smallest absolute Gasteiger partial charge is 0.283 e. The minimum absolute atomic E-state index is 0.143. The van der Waals surface area contributed by atoms with Crippen LogP contribution in [0.1, 0.15) is 10.4 Å². The zero-order valence-corrected chi connectivity index (χ0v) is 16.4. The number of nitrogen functional groups attached to an aromatic ring is 1. The molecular weight excluding hydrogens is 428 g/mol. The summed E-state index contributed by atoms with van der Waals surface area (Å²) in [7, 11) is -4.43. The summed E-state index contributed by atoms with van der Waals surface area (Å²) in [5.74, 6) is -1.05. The van der Waals surface area contributed by atoms with E-state index in [1.54, 1.807) is 12.1 Å². The number of nitro benzene ring substituents is 2. The number of sulfone groups is 1. The topological polar surface area (TPSA) is 176 Å². The number of nitrogens with one attached hydrogen (secondary N) is 1. The van der Waals surface area contributed by atoms with Gasteiger partial charge < -0.3 is 11.1 Å². The number of carbonyl (C=O) groups is 1. The van der Waals surface area contributed by atoms with Crippen LogP contribution in [0.15, 0.2) is 76.5 Å². The van der Waals surface area contributed by atoms with E-state index in [-0.39, 0.29) is 22.0 Å². The van der Waals surface area contributed by atoms with Crippen LogP contribution < -0.4 is 11.1 Å². The van der Waals surface area contributed by atoms with Gasteiger partial charge in [-0.1, -0.05) is 18.2 Å². The van der Waals surface area contributed by atoms with Gasteiger partial charge in [-0.25, -0.2) is 8.42 Å². The van der Waals surface area contributed by atoms with E-state index in [0.29, 0.717) is 0 Å². The molecular formula is C19H14N4O7S. The Hall–Kier alpha value is -4.32. The molecule has 0 bridgehead atoms. The van der Waals surface area contributed by atoms with Gasteiger partial charge in [0.05, 0.1) is 31.0 Å². The Bertz CT molecular complexity index is 1310. The van der Waals surface area contributed by atoms with Crippen molar-refractivity contribution in [1.29, 1.82) is 0 Å². The maximum Gasteiger partial charge on any atom is 0.283 e. The molecule has 3 aromatic carbocycles. The Morgan fingerprint density at radius 2 is 1.52 bits per heavy atom. The SMILES string of the molecule is Nc1ccccc1NC(=O)c1c([N+](=O)[O-])cccc1S(=O)(=O)c1ccc([N+](=O)[O-])cc1. The van der Waals surface area contributed by atoms with Crippen molar-refractivity contribution in [1.82, 2.24) is 0 Å². The number of hydrogen-bond donors (Lipinski definition) is 2. The number of nitrogens with two attached hydrogens (primary N) is 1. The van der Waals surface area contributed by atoms with E-state index in [9.17, 15) is 33.4 Å². The van der Waals surface area contributed by atoms with Gasteiger partial charge in [-0.05, 0) is 30.3 Å². The summed E-state index contributed by atoms with van der Waals surface area (Å²) in [6, 6.07) is 13.2. The minimum atomic E-state index is -4.43. The van der Waals surface area contributed by atoms with Crippen LogP contribution in [0.2, 0.25) is 0 Å². The molecule has 0 fully saturated rings. The monoisotopic (exact) mass is 442 g/mol. The third kappa shape index (κ3) is 4.18. The van der Waals surface area contributed by atoms with E-state index < -0.39 is 41.7 Å². The van der Waals surface area contributed by atoms with Crippen LogP contribution in [0, 0.1) is 20.2 Å². The van der Waals surface area contributed by atoms with Crippen LogP contribution in [-0.2, 0) is 9.84 Å². The molecule has 158 valence electrons. The number of non-ortho nitro benzene ring substituents is 1. The molecule has 3 N–H and O–H groups in total. The average Bonchev–Trinajstić information content (AvgIpc) is 2.74. The van der Waals surface area contributed by atoms with Gasteiger partial charge in [-0.2, -0.15) is 0 Å². The summed E-state index contributed by atoms with van der Waals surface area (Å²) >= 11 is 0. The summed E-state index contributed by atoms with van der Waals surface area (Å²) in [6.45, 7) is 0. The summed E-state index contributed by atoms with van der Waals surface area (Å²) in [5.41, 5.74) is 4.34. The van der Waals surface area contributed by atoms with Crippen molar-refractivity contribution in [2.24, 2.45) is 0 Å². The first-order valence-corrected chi connectivity index (χ1v) is 10.0. The van der Waals surface area contributed by atoms with Gasteiger partial charge in [-0.15, -0.1) is 0 Å². The van der Waals surface area contributed by atoms with Gasteiger partial charge in [0.2, 0.25) is 9.84 Å². The fourth-order valence-corrected chi connectivity index (χ4v) is 4.27. The molecule has 12 heteroatoms. The molecule has 0 atom stereocenters. The van der Waals surface area contributed by atoms with Gasteiger partial charge in [0.1, 0.15) is 5.56 Å². The van der Waals surface area contributed by atoms with Gasteiger partial charge in [0.25, 0.3) is 17.3 Å². The van der Waals surface area contributed by atoms with Crippen molar-refractivity contribution < 1.29 is 23.1 Å². The molecule has 0 heterocycles. The van der Waals surface area contributed by atoms with E-state index in [1.165, 1.54) is 12.1 Å². The third-order valence-corrected chi connectivity index (χ3v) is 6.10. The number of amides is 1. The van der Waals surface area contributed by atoms with Crippen LogP contribution in [0.3, 0.4) is 0 Å². The van der Waals surface area contributed by atoms with E-state index in [0.717, 1.165) is 42.5 Å². The van der Waals surface area contributed by atoms with Gasteiger partial charge in [0.15, 0.2) is 0 Å². The van der Waals surface area contributed by atoms with E-state index in [1.807, 2.05) is 0 Å². The summed E-state index contributed by atoms with van der Waals surface area (Å²) < 4.78 is 26.3. The molecule has 0 radical (unpaired) electrons. The highest BCUT2D eigenvalue weighted by Gasteiger charge is 2.32. The standard InChI is InChI=1S/C19H14N4O7S/c20-14-4-1-2-5-15(14)21-19(24)18-16(23(27)28)6-3-7-17(18)31(29,30)13-10-8-12(9-11-13)22(25)26/h1-11H,20H2,(H,21,24). The van der Waals surface area contributed by atoms with Crippen LogP contribution >= 0.6 is 0 Å². The normalized spacial score (nSPS) is 11.0. The molecule has 11 nitrogen and oxygen atoms in total. The lowest BCUT2D eigenvalue weighted by Gasteiger charge is -2.12. The molecule has 3 aromatic rings. The Labute approximate surface area is 175 Å². The molecule has 3 rings (SSSR count). The Morgan fingerprint density at radius 1 is 0.871 bits per heavy atom. The predicted octanol–water partition coefficient (Wildman–Crippen LogP) is 3.17. The number of para-hydroxylation sites is 2. The molecule has 0 saturated carbocycles. The lowest BCUT2D eigenvalue weighted by Crippen LogP contribution is -2.19. The van der Waals surface area contributed by atoms with Crippen LogP contribution in [-0.4, -0.2) is 24.2 Å². The third-order valence-electron chi connectivity index (χ3n) is 4.28. The summed E-state index contributed by atoms with van der Waals surface area (Å²) in [4.78, 5) is 32.7. The Balaban J connectivity index is 2.15. The fraction of sp³-hybridized carbons (Fsp3) is 0. The quantitative estimate of drug-likeness (QED) is 0.332. The van der Waals surface area contributed by atoms with Gasteiger partial charge >= 0.3 is 0 Å². The molecule has 0 spiro atoms. The molecule has 0 unspecified atom stereocenters. The molecule has 0 aromatic heterocycles. The predicted molar refractivity (Wildman–Crippen MR) is 110 cm³/mol. The lowest BCUT2D eigenvalue weighted by molar-refractivity contribution is -0.385. The van der Waals surface area contributed by atoms with E-state index in [2.05, 4.69) is 5.32 Å². The fourth-order valence-electron chi connectivity index (χ4n) is 2.79. The molecule has 31 heavy (non-hydrogen) atoms. The zero-order chi connectivity index (χ0) is 22.8. The van der Waals surface area contributed by atoms with E-state index >= 15 is 0 Å². The van der Waals surface area contributed by atoms with Crippen molar-refractivity contribution >= 4 is 38.5 Å². The van der Waals surface area contributed by atoms with Gasteiger partial charge in [-0.3, -0.25) is 25.0 Å². The highest BCUT2D eigenvalue weighted by atomic mass is 32.2. The number of hydrogen-bond acceptors (Lipinski definition) is 8. The van der Waals surface area contributed by atoms with Gasteiger partial charge in [0, 0.05) is 18.2 Å². The lowest BCUT2D eigenvalue weighted by atomic mass is 10.1. The number of nitro groups is 2. The second-order valence-corrected chi connectivity index (χ2v) is 8.12. The number of rotatable bonds is 6. The van der Waals surface area contributed by atoms with Crippen LogP contribution in [0.5, 0.6) is 0 Å². The Morgan fingerprint density at radius 3 is 2.10 bits per heavy atom. The van der Waals surface area contributed by atoms with Crippen molar-refractivity contribution in [3.63, 3.8) is 0 Å². The molecule has 0 aliphatic carbocycles. The average molecular weight is 442 g/mol. The largest absolute Gasteiger partial charge is 0.397 e.